The molecule has 8 heteroatoms. The maximum Gasteiger partial charge on any atom is 0.231 e. The highest BCUT2D eigenvalue weighted by atomic mass is 79.9. The lowest BCUT2D eigenvalue weighted by Crippen LogP contribution is -2.24. The van der Waals surface area contributed by atoms with Gasteiger partial charge in [-0.3, -0.25) is 9.10 Å². The van der Waals surface area contributed by atoms with Crippen molar-refractivity contribution in [3.05, 3.63) is 45.8 Å². The molecule has 1 aliphatic carbocycles. The van der Waals surface area contributed by atoms with Crippen LogP contribution in [0.25, 0.3) is 0 Å². The van der Waals surface area contributed by atoms with E-state index in [2.05, 4.69) is 21.1 Å². The highest BCUT2D eigenvalue weighted by Crippen LogP contribution is 2.42. The van der Waals surface area contributed by atoms with E-state index >= 15 is 0 Å². The molecular formula is C15H15BrN2O4S. The zero-order chi connectivity index (χ0) is 16.8. The van der Waals surface area contributed by atoms with Crippen molar-refractivity contribution in [2.75, 3.05) is 17.6 Å². The Morgan fingerprint density at radius 3 is 2.61 bits per heavy atom. The van der Waals surface area contributed by atoms with E-state index in [4.69, 9.17) is 4.52 Å². The first-order valence-corrected chi connectivity index (χ1v) is 9.66. The van der Waals surface area contributed by atoms with Crippen LogP contribution in [0.4, 0.5) is 5.69 Å². The van der Waals surface area contributed by atoms with Gasteiger partial charge in [0.1, 0.15) is 0 Å². The molecule has 1 heterocycles. The molecule has 0 amide bonds. The minimum Gasteiger partial charge on any atom is -0.360 e. The van der Waals surface area contributed by atoms with Crippen molar-refractivity contribution in [1.82, 2.24) is 5.16 Å². The highest BCUT2D eigenvalue weighted by molar-refractivity contribution is 9.10. The minimum atomic E-state index is -3.36. The van der Waals surface area contributed by atoms with Crippen LogP contribution in [0.5, 0.6) is 0 Å². The average Bonchev–Trinajstić information content (AvgIpc) is 3.22. The van der Waals surface area contributed by atoms with Gasteiger partial charge in [0.2, 0.25) is 10.0 Å². The first kappa shape index (κ1) is 16.2. The lowest BCUT2D eigenvalue weighted by molar-refractivity contribution is 0.103. The molecule has 0 atom stereocenters. The van der Waals surface area contributed by atoms with Crippen LogP contribution in [0.2, 0.25) is 0 Å². The van der Waals surface area contributed by atoms with Crippen LogP contribution in [0, 0.1) is 0 Å². The lowest BCUT2D eigenvalue weighted by Gasteiger charge is -2.17. The molecule has 0 radical (unpaired) electrons. The molecule has 1 aromatic heterocycles. The van der Waals surface area contributed by atoms with Crippen LogP contribution in [0.15, 0.2) is 33.4 Å². The monoisotopic (exact) mass is 398 g/mol. The fourth-order valence-electron chi connectivity index (χ4n) is 2.28. The molecule has 0 unspecified atom stereocenters. The van der Waals surface area contributed by atoms with Crippen LogP contribution >= 0.6 is 15.9 Å². The minimum absolute atomic E-state index is 0.186. The van der Waals surface area contributed by atoms with Gasteiger partial charge in [-0.05, 0) is 47.0 Å². The number of hydrogen-bond donors (Lipinski definition) is 0. The number of halogens is 1. The van der Waals surface area contributed by atoms with E-state index in [0.29, 0.717) is 27.0 Å². The smallest absolute Gasteiger partial charge is 0.231 e. The lowest BCUT2D eigenvalue weighted by atomic mass is 10.0. The van der Waals surface area contributed by atoms with Gasteiger partial charge < -0.3 is 4.52 Å². The van der Waals surface area contributed by atoms with Crippen LogP contribution in [0.1, 0.15) is 40.4 Å². The van der Waals surface area contributed by atoms with Crippen LogP contribution in [0.3, 0.4) is 0 Å². The molecule has 0 spiro atoms. The molecule has 1 aromatic carbocycles. The van der Waals surface area contributed by atoms with E-state index < -0.39 is 10.0 Å². The van der Waals surface area contributed by atoms with Gasteiger partial charge in [0.25, 0.3) is 0 Å². The third-order valence-electron chi connectivity index (χ3n) is 3.85. The van der Waals surface area contributed by atoms with Gasteiger partial charge in [-0.15, -0.1) is 0 Å². The number of carbonyl (C=O) groups is 1. The second-order valence-corrected chi connectivity index (χ2v) is 8.47. The van der Waals surface area contributed by atoms with Crippen molar-refractivity contribution < 1.29 is 17.7 Å². The molecule has 1 saturated carbocycles. The van der Waals surface area contributed by atoms with Crippen molar-refractivity contribution >= 4 is 37.4 Å². The second-order valence-electron chi connectivity index (χ2n) is 5.60. The molecule has 2 aromatic rings. The number of anilines is 1. The first-order chi connectivity index (χ1) is 10.8. The number of hydrogen-bond acceptors (Lipinski definition) is 5. The zero-order valence-corrected chi connectivity index (χ0v) is 15.0. The van der Waals surface area contributed by atoms with Crippen molar-refractivity contribution in [1.29, 1.82) is 0 Å². The molecule has 1 fully saturated rings. The Labute approximate surface area is 142 Å². The fraction of sp³-hybridized carbons (Fsp3) is 0.333. The highest BCUT2D eigenvalue weighted by Gasteiger charge is 2.33. The van der Waals surface area contributed by atoms with Gasteiger partial charge in [0.15, 0.2) is 11.5 Å². The van der Waals surface area contributed by atoms with Gasteiger partial charge in [0, 0.05) is 23.0 Å². The Kier molecular flexibility index (Phi) is 4.05. The van der Waals surface area contributed by atoms with Crippen molar-refractivity contribution in [3.8, 4) is 0 Å². The molecule has 23 heavy (non-hydrogen) atoms. The standard InChI is InChI=1S/C15H15BrN2O4S/c1-18(23(2,20)21)10-5-6-11(13(16)7-10)14(19)12-8-17-22-15(12)9-3-4-9/h5-9H,3-4H2,1-2H3. The number of nitrogens with zero attached hydrogens (tertiary/aromatic N) is 2. The zero-order valence-electron chi connectivity index (χ0n) is 12.6. The summed E-state index contributed by atoms with van der Waals surface area (Å²) in [6.45, 7) is 0. The van der Waals surface area contributed by atoms with Crippen LogP contribution in [-0.4, -0.2) is 32.7 Å². The maximum absolute atomic E-state index is 12.7. The predicted molar refractivity (Wildman–Crippen MR) is 89.3 cm³/mol. The predicted octanol–water partition coefficient (Wildman–Crippen LogP) is 2.94. The Morgan fingerprint density at radius 1 is 1.35 bits per heavy atom. The topological polar surface area (TPSA) is 80.5 Å². The van der Waals surface area contributed by atoms with Crippen molar-refractivity contribution in [2.45, 2.75) is 18.8 Å². The summed E-state index contributed by atoms with van der Waals surface area (Å²) >= 11 is 3.35. The summed E-state index contributed by atoms with van der Waals surface area (Å²) in [7, 11) is -1.89. The summed E-state index contributed by atoms with van der Waals surface area (Å²) in [6.07, 6.45) is 4.58. The summed E-state index contributed by atoms with van der Waals surface area (Å²) in [6, 6.07) is 4.81. The normalized spacial score (nSPS) is 14.7. The number of ketones is 1. The quantitative estimate of drug-likeness (QED) is 0.723. The SMILES string of the molecule is CN(c1ccc(C(=O)c2cnoc2C2CC2)c(Br)c1)S(C)(=O)=O. The molecule has 0 bridgehead atoms. The van der Waals surface area contributed by atoms with Crippen molar-refractivity contribution in [2.24, 2.45) is 0 Å². The summed E-state index contributed by atoms with van der Waals surface area (Å²) in [5.74, 6) is 0.735. The number of rotatable bonds is 5. The second kappa shape index (κ2) is 5.76. The van der Waals surface area contributed by atoms with E-state index in [1.807, 2.05) is 0 Å². The summed E-state index contributed by atoms with van der Waals surface area (Å²) in [4.78, 5) is 12.7. The number of sulfonamides is 1. The van der Waals surface area contributed by atoms with Gasteiger partial charge in [-0.1, -0.05) is 5.16 Å². The number of aromatic nitrogens is 1. The summed E-state index contributed by atoms with van der Waals surface area (Å²) in [5.41, 5.74) is 1.39. The van der Waals surface area contributed by atoms with Crippen LogP contribution < -0.4 is 4.31 Å². The summed E-state index contributed by atoms with van der Waals surface area (Å²) in [5, 5.41) is 3.74. The molecule has 3 rings (SSSR count). The largest absolute Gasteiger partial charge is 0.360 e. The molecule has 0 aliphatic heterocycles. The fourth-order valence-corrected chi connectivity index (χ4v) is 3.32. The summed E-state index contributed by atoms with van der Waals surface area (Å²) < 4.78 is 30.1. The molecular weight excluding hydrogens is 384 g/mol. The Morgan fingerprint density at radius 2 is 2.04 bits per heavy atom. The van der Waals surface area contributed by atoms with E-state index in [9.17, 15) is 13.2 Å². The Balaban J connectivity index is 1.94. The third-order valence-corrected chi connectivity index (χ3v) is 5.71. The van der Waals surface area contributed by atoms with E-state index in [1.165, 1.54) is 13.2 Å². The third kappa shape index (κ3) is 3.18. The molecule has 0 saturated heterocycles. The van der Waals surface area contributed by atoms with E-state index in [0.717, 1.165) is 23.4 Å². The number of carbonyl (C=O) groups excluding carboxylic acids is 1. The van der Waals surface area contributed by atoms with E-state index in [-0.39, 0.29) is 11.7 Å². The number of benzene rings is 1. The van der Waals surface area contributed by atoms with Crippen LogP contribution in [-0.2, 0) is 10.0 Å². The molecule has 6 nitrogen and oxygen atoms in total. The Hall–Kier alpha value is -1.67. The van der Waals surface area contributed by atoms with Gasteiger partial charge in [-0.25, -0.2) is 8.42 Å². The van der Waals surface area contributed by atoms with E-state index in [1.54, 1.807) is 18.2 Å². The van der Waals surface area contributed by atoms with Gasteiger partial charge >= 0.3 is 0 Å². The first-order valence-electron chi connectivity index (χ1n) is 7.01. The molecule has 1 aliphatic rings. The molecule has 122 valence electrons. The van der Waals surface area contributed by atoms with Gasteiger partial charge in [-0.2, -0.15) is 0 Å². The maximum atomic E-state index is 12.7. The van der Waals surface area contributed by atoms with Gasteiger partial charge in [0.05, 0.1) is 23.7 Å². The Bertz CT molecular complexity index is 871. The average molecular weight is 399 g/mol. The molecule has 0 N–H and O–H groups in total. The van der Waals surface area contributed by atoms with Crippen molar-refractivity contribution in [3.63, 3.8) is 0 Å².